The van der Waals surface area contributed by atoms with Gasteiger partial charge in [0, 0.05) is 25.7 Å². The number of ether oxygens (including phenoxy) is 1. The van der Waals surface area contributed by atoms with Crippen LogP contribution in [0.5, 0.6) is 0 Å². The van der Waals surface area contributed by atoms with E-state index < -0.39 is 23.8 Å². The molecule has 1 aromatic carbocycles. The maximum Gasteiger partial charge on any atom is 0.411 e. The van der Waals surface area contributed by atoms with Crippen molar-refractivity contribution in [2.24, 2.45) is 13.0 Å². The van der Waals surface area contributed by atoms with Gasteiger partial charge in [-0.1, -0.05) is 24.3 Å². The number of piperidine rings is 1. The minimum Gasteiger partial charge on any atom is -0.444 e. The third-order valence-electron chi connectivity index (χ3n) is 6.44. The molecule has 1 aliphatic carbocycles. The van der Waals surface area contributed by atoms with Gasteiger partial charge >= 0.3 is 6.09 Å². The lowest BCUT2D eigenvalue weighted by molar-refractivity contribution is -0.128. The van der Waals surface area contributed by atoms with E-state index in [4.69, 9.17) is 4.74 Å². The van der Waals surface area contributed by atoms with Gasteiger partial charge in [-0.2, -0.15) is 10.4 Å². The van der Waals surface area contributed by atoms with Gasteiger partial charge in [0.05, 0.1) is 11.8 Å². The van der Waals surface area contributed by atoms with Crippen molar-refractivity contribution in [1.29, 1.82) is 5.26 Å². The van der Waals surface area contributed by atoms with Crippen LogP contribution in [0.2, 0.25) is 0 Å². The molecule has 2 heterocycles. The molecule has 8 nitrogen and oxygen atoms in total. The molecule has 1 N–H and O–H groups in total. The van der Waals surface area contributed by atoms with Gasteiger partial charge in [0.15, 0.2) is 0 Å². The predicted octanol–water partition coefficient (Wildman–Crippen LogP) is 3.43. The van der Waals surface area contributed by atoms with Crippen molar-refractivity contribution in [3.63, 3.8) is 0 Å². The maximum atomic E-state index is 13.2. The Bertz CT molecular complexity index is 1060. The minimum atomic E-state index is -0.681. The molecule has 4 atom stereocenters. The number of aromatic nitrogens is 2. The second-order valence-corrected chi connectivity index (χ2v) is 9.99. The van der Waals surface area contributed by atoms with Crippen LogP contribution in [0.3, 0.4) is 0 Å². The maximum absolute atomic E-state index is 13.2. The van der Waals surface area contributed by atoms with Crippen LogP contribution in [0, 0.1) is 17.2 Å². The van der Waals surface area contributed by atoms with E-state index in [2.05, 4.69) is 16.5 Å². The van der Waals surface area contributed by atoms with Crippen LogP contribution in [0.15, 0.2) is 36.5 Å². The summed E-state index contributed by atoms with van der Waals surface area (Å²) in [5.74, 6) is -0.161. The van der Waals surface area contributed by atoms with E-state index >= 15 is 0 Å². The number of likely N-dealkylation sites (tertiary alicyclic amines) is 1. The first-order valence-corrected chi connectivity index (χ1v) is 11.4. The number of nitrogens with one attached hydrogen (secondary N) is 1. The zero-order chi connectivity index (χ0) is 23.8. The molecule has 1 saturated carbocycles. The Morgan fingerprint density at radius 1 is 1.24 bits per heavy atom. The van der Waals surface area contributed by atoms with Crippen molar-refractivity contribution in [3.8, 4) is 17.3 Å². The first-order chi connectivity index (χ1) is 15.7. The van der Waals surface area contributed by atoms with Crippen LogP contribution in [0.4, 0.5) is 4.79 Å². The number of amides is 2. The lowest BCUT2D eigenvalue weighted by Gasteiger charge is -2.35. The van der Waals surface area contributed by atoms with Crippen LogP contribution in [-0.4, -0.2) is 50.4 Å². The molecule has 2 amide bonds. The summed E-state index contributed by atoms with van der Waals surface area (Å²) in [7, 11) is 1.89. The van der Waals surface area contributed by atoms with Crippen molar-refractivity contribution in [3.05, 3.63) is 42.1 Å². The number of hydrogen-bond donors (Lipinski definition) is 1. The standard InChI is InChI=1S/C25H31N5O3/c1-25(2,3)33-24(32)30-20-10-9-18(14-20)22(30)23(31)28-19(15-26)13-16-5-7-17(8-6-16)21-11-12-27-29(21)4/h5-8,11-12,18-20,22H,9-10,13-14H2,1-4H3,(H,28,31)/t18-,19-,20+,22-/m0/s1. The van der Waals surface area contributed by atoms with Gasteiger partial charge < -0.3 is 10.1 Å². The van der Waals surface area contributed by atoms with E-state index in [1.165, 1.54) is 0 Å². The Morgan fingerprint density at radius 2 is 1.97 bits per heavy atom. The van der Waals surface area contributed by atoms with Crippen LogP contribution in [0.25, 0.3) is 11.3 Å². The third kappa shape index (κ3) is 4.87. The van der Waals surface area contributed by atoms with Crippen LogP contribution in [0.1, 0.15) is 45.6 Å². The van der Waals surface area contributed by atoms with Crippen LogP contribution in [-0.2, 0) is 23.0 Å². The summed E-state index contributed by atoms with van der Waals surface area (Å²) >= 11 is 0. The average molecular weight is 450 g/mol. The SMILES string of the molecule is Cn1nccc1-c1ccc(C[C@@H](C#N)NC(=O)[C@@H]2[C@H]3CC[C@H](C3)N2C(=O)OC(C)(C)C)cc1. The molecular formula is C25H31N5O3. The van der Waals surface area contributed by atoms with Gasteiger partial charge in [-0.3, -0.25) is 14.4 Å². The van der Waals surface area contributed by atoms with E-state index in [-0.39, 0.29) is 17.9 Å². The van der Waals surface area contributed by atoms with Crippen molar-refractivity contribution < 1.29 is 14.3 Å². The van der Waals surface area contributed by atoms with Gasteiger partial charge in [-0.05, 0) is 63.1 Å². The Kier molecular flexibility index (Phi) is 6.15. The molecule has 1 aliphatic heterocycles. The number of benzene rings is 1. The molecule has 2 aliphatic rings. The van der Waals surface area contributed by atoms with Gasteiger partial charge in [0.2, 0.25) is 5.91 Å². The highest BCUT2D eigenvalue weighted by Gasteiger charge is 2.52. The molecule has 2 aromatic rings. The number of nitriles is 1. The lowest BCUT2D eigenvalue weighted by atomic mass is 9.97. The highest BCUT2D eigenvalue weighted by Crippen LogP contribution is 2.43. The number of carbonyl (C=O) groups is 2. The average Bonchev–Trinajstić information content (AvgIpc) is 3.48. The second-order valence-electron chi connectivity index (χ2n) is 9.99. The van der Waals surface area contributed by atoms with Crippen molar-refractivity contribution in [2.75, 3.05) is 0 Å². The summed E-state index contributed by atoms with van der Waals surface area (Å²) in [5, 5.41) is 16.8. The highest BCUT2D eigenvalue weighted by atomic mass is 16.6. The molecule has 8 heteroatoms. The number of nitrogens with zero attached hydrogens (tertiary/aromatic N) is 4. The molecule has 1 aromatic heterocycles. The lowest BCUT2D eigenvalue weighted by Crippen LogP contribution is -2.55. The summed E-state index contributed by atoms with van der Waals surface area (Å²) < 4.78 is 7.37. The molecule has 0 radical (unpaired) electrons. The zero-order valence-electron chi connectivity index (χ0n) is 19.6. The van der Waals surface area contributed by atoms with Crippen molar-refractivity contribution in [2.45, 2.75) is 70.2 Å². The fraction of sp³-hybridized carbons (Fsp3) is 0.520. The number of rotatable bonds is 5. The van der Waals surface area contributed by atoms with E-state index in [0.717, 1.165) is 36.1 Å². The monoisotopic (exact) mass is 449 g/mol. The van der Waals surface area contributed by atoms with E-state index in [9.17, 15) is 14.9 Å². The molecule has 1 saturated heterocycles. The fourth-order valence-electron chi connectivity index (χ4n) is 4.99. The summed E-state index contributed by atoms with van der Waals surface area (Å²) in [6.45, 7) is 5.46. The first kappa shape index (κ1) is 22.8. The number of hydrogen-bond acceptors (Lipinski definition) is 5. The normalized spacial score (nSPS) is 22.6. The molecule has 2 fully saturated rings. The van der Waals surface area contributed by atoms with Gasteiger partial charge in [-0.25, -0.2) is 4.79 Å². The molecule has 174 valence electrons. The van der Waals surface area contributed by atoms with E-state index in [1.807, 2.05) is 58.2 Å². The first-order valence-electron chi connectivity index (χ1n) is 11.4. The second kappa shape index (κ2) is 8.89. The summed E-state index contributed by atoms with van der Waals surface area (Å²) in [6, 6.07) is 10.8. The molecule has 2 bridgehead atoms. The Morgan fingerprint density at radius 3 is 2.58 bits per heavy atom. The van der Waals surface area contributed by atoms with E-state index in [1.54, 1.807) is 15.8 Å². The summed E-state index contributed by atoms with van der Waals surface area (Å²) in [5.41, 5.74) is 2.36. The minimum absolute atomic E-state index is 0.0284. The highest BCUT2D eigenvalue weighted by molar-refractivity contribution is 5.87. The predicted molar refractivity (Wildman–Crippen MR) is 123 cm³/mol. The van der Waals surface area contributed by atoms with E-state index in [0.29, 0.717) is 6.42 Å². The smallest absolute Gasteiger partial charge is 0.411 e. The number of fused-ring (bicyclic) bond motifs is 2. The fourth-order valence-corrected chi connectivity index (χ4v) is 4.99. The van der Waals surface area contributed by atoms with Crippen molar-refractivity contribution >= 4 is 12.0 Å². The largest absolute Gasteiger partial charge is 0.444 e. The zero-order valence-corrected chi connectivity index (χ0v) is 19.6. The Labute approximate surface area is 194 Å². The Hall–Kier alpha value is -3.34. The molecule has 0 spiro atoms. The Balaban J connectivity index is 1.42. The number of carbonyl (C=O) groups excluding carboxylic acids is 2. The molecular weight excluding hydrogens is 418 g/mol. The van der Waals surface area contributed by atoms with Crippen LogP contribution >= 0.6 is 0 Å². The number of aryl methyl sites for hydroxylation is 1. The molecule has 4 rings (SSSR count). The van der Waals surface area contributed by atoms with Crippen molar-refractivity contribution in [1.82, 2.24) is 20.0 Å². The quantitative estimate of drug-likeness (QED) is 0.754. The van der Waals surface area contributed by atoms with Gasteiger partial charge in [-0.15, -0.1) is 0 Å². The van der Waals surface area contributed by atoms with Crippen LogP contribution < -0.4 is 5.32 Å². The molecule has 33 heavy (non-hydrogen) atoms. The molecule has 0 unspecified atom stereocenters. The summed E-state index contributed by atoms with van der Waals surface area (Å²) in [4.78, 5) is 27.6. The van der Waals surface area contributed by atoms with Gasteiger partial charge in [0.25, 0.3) is 0 Å². The van der Waals surface area contributed by atoms with Gasteiger partial charge in [0.1, 0.15) is 17.7 Å². The topological polar surface area (TPSA) is 100 Å². The third-order valence-corrected chi connectivity index (χ3v) is 6.44. The summed E-state index contributed by atoms with van der Waals surface area (Å²) in [6.07, 6.45) is 4.30.